The predicted octanol–water partition coefficient (Wildman–Crippen LogP) is 5.26. The molecule has 1 N–H and O–H groups in total. The Kier molecular flexibility index (Phi) is 4.49. The first-order valence-electron chi connectivity index (χ1n) is 5.38. The minimum atomic E-state index is -0.673. The SMILES string of the molecule is Cc1cc(Br)c(C(O)c2ccc(Cl)cc2)cc1Br. The van der Waals surface area contributed by atoms with Gasteiger partial charge < -0.3 is 5.11 Å². The first kappa shape index (κ1) is 14.1. The van der Waals surface area contributed by atoms with Crippen LogP contribution < -0.4 is 0 Å². The van der Waals surface area contributed by atoms with Crippen molar-refractivity contribution in [3.63, 3.8) is 0 Å². The fraction of sp³-hybridized carbons (Fsp3) is 0.143. The van der Waals surface area contributed by atoms with Gasteiger partial charge in [-0.1, -0.05) is 55.6 Å². The molecule has 0 heterocycles. The van der Waals surface area contributed by atoms with Crippen LogP contribution in [0.2, 0.25) is 5.02 Å². The van der Waals surface area contributed by atoms with Gasteiger partial charge in [0, 0.05) is 19.5 Å². The van der Waals surface area contributed by atoms with E-state index >= 15 is 0 Å². The van der Waals surface area contributed by atoms with Gasteiger partial charge in [0.25, 0.3) is 0 Å². The van der Waals surface area contributed by atoms with Crippen LogP contribution in [-0.2, 0) is 0 Å². The van der Waals surface area contributed by atoms with Crippen LogP contribution in [0.3, 0.4) is 0 Å². The summed E-state index contributed by atoms with van der Waals surface area (Å²) in [4.78, 5) is 0. The van der Waals surface area contributed by atoms with Crippen LogP contribution in [0.1, 0.15) is 22.8 Å². The standard InChI is InChI=1S/C14H11Br2ClO/c1-8-6-13(16)11(7-12(8)15)14(18)9-2-4-10(17)5-3-9/h2-7,14,18H,1H3. The summed E-state index contributed by atoms with van der Waals surface area (Å²) in [6.07, 6.45) is -0.673. The average Bonchev–Trinajstić information content (AvgIpc) is 2.34. The Labute approximate surface area is 128 Å². The molecule has 0 spiro atoms. The molecule has 1 nitrogen and oxygen atoms in total. The summed E-state index contributed by atoms with van der Waals surface area (Å²) in [5, 5.41) is 11.0. The maximum absolute atomic E-state index is 10.4. The molecule has 0 aliphatic carbocycles. The lowest BCUT2D eigenvalue weighted by Gasteiger charge is -2.15. The third kappa shape index (κ3) is 2.97. The number of aryl methyl sites for hydroxylation is 1. The van der Waals surface area contributed by atoms with Crippen molar-refractivity contribution in [3.05, 3.63) is 67.1 Å². The molecule has 0 fully saturated rings. The quantitative estimate of drug-likeness (QED) is 0.742. The fourth-order valence-corrected chi connectivity index (χ4v) is 2.86. The van der Waals surface area contributed by atoms with Crippen molar-refractivity contribution in [2.45, 2.75) is 13.0 Å². The Morgan fingerprint density at radius 1 is 1.06 bits per heavy atom. The highest BCUT2D eigenvalue weighted by atomic mass is 79.9. The van der Waals surface area contributed by atoms with Gasteiger partial charge in [0.05, 0.1) is 0 Å². The molecule has 0 amide bonds. The van der Waals surface area contributed by atoms with E-state index in [1.165, 1.54) is 0 Å². The Morgan fingerprint density at radius 2 is 1.67 bits per heavy atom. The molecule has 4 heteroatoms. The molecule has 0 aromatic heterocycles. The van der Waals surface area contributed by atoms with E-state index in [0.29, 0.717) is 5.02 Å². The Morgan fingerprint density at radius 3 is 2.28 bits per heavy atom. The minimum Gasteiger partial charge on any atom is -0.384 e. The number of hydrogen-bond acceptors (Lipinski definition) is 1. The van der Waals surface area contributed by atoms with Gasteiger partial charge in [-0.15, -0.1) is 0 Å². The Bertz CT molecular complexity index is 567. The third-order valence-corrected chi connectivity index (χ3v) is 4.55. The van der Waals surface area contributed by atoms with Gasteiger partial charge in [0.1, 0.15) is 6.10 Å². The zero-order chi connectivity index (χ0) is 13.3. The van der Waals surface area contributed by atoms with Gasteiger partial charge in [-0.05, 0) is 42.3 Å². The fourth-order valence-electron chi connectivity index (χ4n) is 1.70. The number of aliphatic hydroxyl groups excluding tert-OH is 1. The second-order valence-corrected chi connectivity index (χ2v) is 6.22. The van der Waals surface area contributed by atoms with E-state index in [4.69, 9.17) is 11.6 Å². The average molecular weight is 391 g/mol. The zero-order valence-electron chi connectivity index (χ0n) is 9.62. The predicted molar refractivity (Wildman–Crippen MR) is 82.1 cm³/mol. The highest BCUT2D eigenvalue weighted by molar-refractivity contribution is 9.11. The van der Waals surface area contributed by atoms with E-state index < -0.39 is 6.10 Å². The molecule has 2 aromatic carbocycles. The normalized spacial score (nSPS) is 12.5. The van der Waals surface area contributed by atoms with Crippen molar-refractivity contribution in [3.8, 4) is 0 Å². The minimum absolute atomic E-state index is 0.662. The summed E-state index contributed by atoms with van der Waals surface area (Å²) in [5.41, 5.74) is 2.76. The second-order valence-electron chi connectivity index (χ2n) is 4.08. The molecular weight excluding hydrogens is 379 g/mol. The maximum Gasteiger partial charge on any atom is 0.105 e. The maximum atomic E-state index is 10.4. The van der Waals surface area contributed by atoms with Gasteiger partial charge >= 0.3 is 0 Å². The molecule has 94 valence electrons. The molecule has 2 aromatic rings. The van der Waals surface area contributed by atoms with Crippen LogP contribution in [0.15, 0.2) is 45.3 Å². The molecular formula is C14H11Br2ClO. The second kappa shape index (κ2) is 5.74. The highest BCUT2D eigenvalue weighted by Crippen LogP contribution is 2.33. The van der Waals surface area contributed by atoms with E-state index in [9.17, 15) is 5.11 Å². The van der Waals surface area contributed by atoms with Crippen molar-refractivity contribution < 1.29 is 5.11 Å². The van der Waals surface area contributed by atoms with Crippen molar-refractivity contribution in [1.82, 2.24) is 0 Å². The van der Waals surface area contributed by atoms with Crippen LogP contribution in [0.25, 0.3) is 0 Å². The molecule has 1 unspecified atom stereocenters. The van der Waals surface area contributed by atoms with Crippen LogP contribution in [0.4, 0.5) is 0 Å². The summed E-state index contributed by atoms with van der Waals surface area (Å²) in [5.74, 6) is 0. The van der Waals surface area contributed by atoms with Gasteiger partial charge in [-0.3, -0.25) is 0 Å². The van der Waals surface area contributed by atoms with Crippen molar-refractivity contribution in [2.75, 3.05) is 0 Å². The summed E-state index contributed by atoms with van der Waals surface area (Å²) in [7, 11) is 0. The molecule has 2 rings (SSSR count). The highest BCUT2D eigenvalue weighted by Gasteiger charge is 2.15. The van der Waals surface area contributed by atoms with E-state index in [1.807, 2.05) is 31.2 Å². The monoisotopic (exact) mass is 388 g/mol. The zero-order valence-corrected chi connectivity index (χ0v) is 13.6. The number of benzene rings is 2. The molecule has 0 saturated carbocycles. The van der Waals surface area contributed by atoms with Crippen LogP contribution in [-0.4, -0.2) is 5.11 Å². The van der Waals surface area contributed by atoms with Crippen LogP contribution in [0.5, 0.6) is 0 Å². The molecule has 18 heavy (non-hydrogen) atoms. The summed E-state index contributed by atoms with van der Waals surface area (Å²) in [6, 6.07) is 11.1. The molecule has 0 bridgehead atoms. The summed E-state index contributed by atoms with van der Waals surface area (Å²) < 4.78 is 1.87. The van der Waals surface area contributed by atoms with Crippen molar-refractivity contribution in [1.29, 1.82) is 0 Å². The van der Waals surface area contributed by atoms with Gasteiger partial charge in [0.15, 0.2) is 0 Å². The van der Waals surface area contributed by atoms with E-state index in [1.54, 1.807) is 12.1 Å². The van der Waals surface area contributed by atoms with Gasteiger partial charge in [0.2, 0.25) is 0 Å². The van der Waals surface area contributed by atoms with Crippen LogP contribution in [0, 0.1) is 6.92 Å². The van der Waals surface area contributed by atoms with Gasteiger partial charge in [-0.25, -0.2) is 0 Å². The lowest BCUT2D eigenvalue weighted by atomic mass is 10.0. The Balaban J connectivity index is 2.42. The molecule has 0 radical (unpaired) electrons. The number of hydrogen-bond donors (Lipinski definition) is 1. The number of halogens is 3. The lowest BCUT2D eigenvalue weighted by molar-refractivity contribution is 0.219. The number of rotatable bonds is 2. The molecule has 1 atom stereocenters. The van der Waals surface area contributed by atoms with Crippen LogP contribution >= 0.6 is 43.5 Å². The Hall–Kier alpha value is -0.350. The van der Waals surface area contributed by atoms with Gasteiger partial charge in [-0.2, -0.15) is 0 Å². The first-order chi connectivity index (χ1) is 8.49. The van der Waals surface area contributed by atoms with E-state index in [2.05, 4.69) is 31.9 Å². The third-order valence-electron chi connectivity index (χ3n) is 2.76. The molecule has 0 aliphatic heterocycles. The van der Waals surface area contributed by atoms with E-state index in [-0.39, 0.29) is 0 Å². The number of aliphatic hydroxyl groups is 1. The first-order valence-corrected chi connectivity index (χ1v) is 7.34. The lowest BCUT2D eigenvalue weighted by Crippen LogP contribution is -2.01. The molecule has 0 aliphatic rings. The van der Waals surface area contributed by atoms with E-state index in [0.717, 1.165) is 25.6 Å². The smallest absolute Gasteiger partial charge is 0.105 e. The summed E-state index contributed by atoms with van der Waals surface area (Å²) in [6.45, 7) is 2.01. The van der Waals surface area contributed by atoms with Crippen molar-refractivity contribution in [2.24, 2.45) is 0 Å². The topological polar surface area (TPSA) is 20.2 Å². The summed E-state index contributed by atoms with van der Waals surface area (Å²) >= 11 is 12.8. The van der Waals surface area contributed by atoms with Crippen molar-refractivity contribution >= 4 is 43.5 Å². The molecule has 0 saturated heterocycles. The largest absolute Gasteiger partial charge is 0.384 e.